The van der Waals surface area contributed by atoms with Crippen LogP contribution in [0.4, 0.5) is 11.6 Å². The van der Waals surface area contributed by atoms with E-state index in [4.69, 9.17) is 10.7 Å². The fourth-order valence-electron chi connectivity index (χ4n) is 4.53. The highest BCUT2D eigenvalue weighted by atomic mass is 16.1. The van der Waals surface area contributed by atoms with Gasteiger partial charge >= 0.3 is 5.69 Å². The zero-order chi connectivity index (χ0) is 21.8. The molecule has 1 aliphatic carbocycles. The minimum atomic E-state index is -0.158. The SMILES string of the molecule is Cc1cc2ncccc2cc1Nc1ncc2c(n1)n(C1CCC(C)(N)CC1)c(=O)n2C. The quantitative estimate of drug-likeness (QED) is 0.528. The molecule has 0 saturated heterocycles. The Morgan fingerprint density at radius 2 is 2.00 bits per heavy atom. The first-order valence-electron chi connectivity index (χ1n) is 10.7. The van der Waals surface area contributed by atoms with E-state index >= 15 is 0 Å². The summed E-state index contributed by atoms with van der Waals surface area (Å²) in [5.41, 5.74) is 10.4. The number of nitrogens with two attached hydrogens (primary N) is 1. The summed E-state index contributed by atoms with van der Waals surface area (Å²) in [5.74, 6) is 0.470. The molecule has 5 rings (SSSR count). The van der Waals surface area contributed by atoms with Crippen LogP contribution >= 0.6 is 0 Å². The maximum atomic E-state index is 13.0. The summed E-state index contributed by atoms with van der Waals surface area (Å²) in [7, 11) is 1.77. The maximum absolute atomic E-state index is 13.0. The van der Waals surface area contributed by atoms with Crippen LogP contribution in [0.1, 0.15) is 44.2 Å². The molecule has 0 aliphatic heterocycles. The van der Waals surface area contributed by atoms with Crippen LogP contribution in [0.25, 0.3) is 22.1 Å². The lowest BCUT2D eigenvalue weighted by molar-refractivity contribution is 0.251. The first-order valence-corrected chi connectivity index (χ1v) is 10.7. The molecule has 0 bridgehead atoms. The molecule has 1 aromatic carbocycles. The molecule has 0 spiro atoms. The van der Waals surface area contributed by atoms with Crippen molar-refractivity contribution in [1.82, 2.24) is 24.1 Å². The van der Waals surface area contributed by atoms with Crippen LogP contribution in [0.15, 0.2) is 41.5 Å². The number of pyridine rings is 1. The smallest absolute Gasteiger partial charge is 0.325 e. The monoisotopic (exact) mass is 417 g/mol. The van der Waals surface area contributed by atoms with E-state index in [0.29, 0.717) is 11.6 Å². The highest BCUT2D eigenvalue weighted by molar-refractivity contribution is 5.85. The molecule has 3 N–H and O–H groups in total. The molecule has 31 heavy (non-hydrogen) atoms. The Kier molecular flexibility index (Phi) is 4.55. The third-order valence-corrected chi connectivity index (χ3v) is 6.49. The number of rotatable bonds is 3. The van der Waals surface area contributed by atoms with E-state index < -0.39 is 0 Å². The zero-order valence-corrected chi connectivity index (χ0v) is 18.1. The highest BCUT2D eigenvalue weighted by Gasteiger charge is 2.30. The topological polar surface area (TPSA) is 104 Å². The average molecular weight is 418 g/mol. The first-order chi connectivity index (χ1) is 14.8. The van der Waals surface area contributed by atoms with Crippen molar-refractivity contribution in [3.63, 3.8) is 0 Å². The van der Waals surface area contributed by atoms with Gasteiger partial charge in [-0.2, -0.15) is 4.98 Å². The number of nitrogens with one attached hydrogen (secondary N) is 1. The minimum absolute atomic E-state index is 0.0555. The predicted octanol–water partition coefficient (Wildman–Crippen LogP) is 3.56. The Balaban J connectivity index is 1.54. The minimum Gasteiger partial charge on any atom is -0.325 e. The normalized spacial score (nSPS) is 21.6. The van der Waals surface area contributed by atoms with Gasteiger partial charge in [0.25, 0.3) is 0 Å². The number of fused-ring (bicyclic) bond motifs is 2. The summed E-state index contributed by atoms with van der Waals surface area (Å²) in [4.78, 5) is 26.7. The number of imidazole rings is 1. The number of nitrogens with zero attached hydrogens (tertiary/aromatic N) is 5. The summed E-state index contributed by atoms with van der Waals surface area (Å²) in [5, 5.41) is 4.38. The second-order valence-corrected chi connectivity index (χ2v) is 8.99. The summed E-state index contributed by atoms with van der Waals surface area (Å²) in [6, 6.07) is 8.14. The van der Waals surface area contributed by atoms with Gasteiger partial charge in [0, 0.05) is 35.9 Å². The second-order valence-electron chi connectivity index (χ2n) is 8.99. The van der Waals surface area contributed by atoms with Gasteiger partial charge in [-0.3, -0.25) is 14.1 Å². The summed E-state index contributed by atoms with van der Waals surface area (Å²) in [6.07, 6.45) is 7.03. The Labute approximate surface area is 180 Å². The van der Waals surface area contributed by atoms with Gasteiger partial charge in [0.2, 0.25) is 5.95 Å². The molecule has 0 amide bonds. The van der Waals surface area contributed by atoms with Crippen LogP contribution in [-0.4, -0.2) is 29.6 Å². The van der Waals surface area contributed by atoms with Crippen molar-refractivity contribution in [1.29, 1.82) is 0 Å². The third kappa shape index (κ3) is 3.46. The van der Waals surface area contributed by atoms with Gasteiger partial charge in [-0.25, -0.2) is 9.78 Å². The van der Waals surface area contributed by atoms with Crippen LogP contribution in [0, 0.1) is 6.92 Å². The molecular weight excluding hydrogens is 390 g/mol. The van der Waals surface area contributed by atoms with Crippen LogP contribution < -0.4 is 16.7 Å². The Hall–Kier alpha value is -3.26. The summed E-state index contributed by atoms with van der Waals surface area (Å²) >= 11 is 0. The van der Waals surface area contributed by atoms with E-state index in [1.807, 2.05) is 35.8 Å². The molecule has 0 unspecified atom stereocenters. The fraction of sp³-hybridized carbons (Fsp3) is 0.391. The van der Waals surface area contributed by atoms with Crippen molar-refractivity contribution in [2.75, 3.05) is 5.32 Å². The van der Waals surface area contributed by atoms with E-state index in [-0.39, 0.29) is 17.3 Å². The standard InChI is InChI=1S/C23H27N7O/c1-14-11-18-15(5-4-10-25-18)12-17(14)27-21-26-13-19-20(28-21)30(22(31)29(19)3)16-6-8-23(2,24)9-7-16/h4-5,10-13,16H,6-9,24H2,1-3H3,(H,26,27,28). The van der Waals surface area contributed by atoms with Gasteiger partial charge in [-0.15, -0.1) is 0 Å². The Morgan fingerprint density at radius 1 is 1.23 bits per heavy atom. The number of benzene rings is 1. The van der Waals surface area contributed by atoms with Crippen LogP contribution in [0.2, 0.25) is 0 Å². The second kappa shape index (κ2) is 7.16. The number of aryl methyl sites for hydroxylation is 2. The molecule has 1 aliphatic rings. The predicted molar refractivity (Wildman–Crippen MR) is 123 cm³/mol. The molecule has 3 aromatic heterocycles. The van der Waals surface area contributed by atoms with E-state index in [1.54, 1.807) is 24.0 Å². The van der Waals surface area contributed by atoms with Crippen LogP contribution in [0.5, 0.6) is 0 Å². The third-order valence-electron chi connectivity index (χ3n) is 6.49. The molecule has 0 atom stereocenters. The molecule has 160 valence electrons. The number of hydrogen-bond donors (Lipinski definition) is 2. The van der Waals surface area contributed by atoms with Gasteiger partial charge < -0.3 is 11.1 Å². The molecule has 1 saturated carbocycles. The highest BCUT2D eigenvalue weighted by Crippen LogP contribution is 2.34. The maximum Gasteiger partial charge on any atom is 0.330 e. The largest absolute Gasteiger partial charge is 0.330 e. The van der Waals surface area contributed by atoms with Crippen LogP contribution in [-0.2, 0) is 7.05 Å². The molecule has 8 heteroatoms. The zero-order valence-electron chi connectivity index (χ0n) is 18.1. The number of anilines is 2. The van der Waals surface area contributed by atoms with Crippen molar-refractivity contribution in [2.24, 2.45) is 12.8 Å². The van der Waals surface area contributed by atoms with Gasteiger partial charge in [-0.05, 0) is 63.3 Å². The molecule has 3 heterocycles. The lowest BCUT2D eigenvalue weighted by atomic mass is 9.81. The molecule has 4 aromatic rings. The van der Waals surface area contributed by atoms with Gasteiger partial charge in [0.15, 0.2) is 5.65 Å². The van der Waals surface area contributed by atoms with Crippen molar-refractivity contribution in [3.8, 4) is 0 Å². The fourth-order valence-corrected chi connectivity index (χ4v) is 4.53. The summed E-state index contributed by atoms with van der Waals surface area (Å²) in [6.45, 7) is 4.11. The van der Waals surface area contributed by atoms with Gasteiger partial charge in [0.05, 0.1) is 11.7 Å². The van der Waals surface area contributed by atoms with Crippen molar-refractivity contribution in [3.05, 3.63) is 52.7 Å². The molecule has 8 nitrogen and oxygen atoms in total. The van der Waals surface area contributed by atoms with Crippen molar-refractivity contribution >= 4 is 33.7 Å². The van der Waals surface area contributed by atoms with Crippen molar-refractivity contribution in [2.45, 2.75) is 51.1 Å². The Morgan fingerprint density at radius 3 is 2.77 bits per heavy atom. The van der Waals surface area contributed by atoms with E-state index in [2.05, 4.69) is 22.2 Å². The van der Waals surface area contributed by atoms with Crippen LogP contribution in [0.3, 0.4) is 0 Å². The van der Waals surface area contributed by atoms with Gasteiger partial charge in [-0.1, -0.05) is 6.07 Å². The number of hydrogen-bond acceptors (Lipinski definition) is 6. The Bertz CT molecular complexity index is 1340. The molecular formula is C23H27N7O. The first kappa shape index (κ1) is 19.7. The average Bonchev–Trinajstić information content (AvgIpc) is 2.99. The molecule has 1 fully saturated rings. The van der Waals surface area contributed by atoms with Crippen molar-refractivity contribution < 1.29 is 0 Å². The number of aromatic nitrogens is 5. The lowest BCUT2D eigenvalue weighted by Crippen LogP contribution is -2.41. The van der Waals surface area contributed by atoms with Gasteiger partial charge in [0.1, 0.15) is 5.52 Å². The van der Waals surface area contributed by atoms with E-state index in [9.17, 15) is 4.79 Å². The van der Waals surface area contributed by atoms with E-state index in [0.717, 1.165) is 53.4 Å². The lowest BCUT2D eigenvalue weighted by Gasteiger charge is -2.34. The van der Waals surface area contributed by atoms with E-state index in [1.165, 1.54) is 0 Å². The molecule has 0 radical (unpaired) electrons. The summed E-state index contributed by atoms with van der Waals surface area (Å²) < 4.78 is 3.46.